The van der Waals surface area contributed by atoms with Gasteiger partial charge < -0.3 is 0 Å². The summed E-state index contributed by atoms with van der Waals surface area (Å²) in [6, 6.07) is 66.1. The molecule has 0 bridgehead atoms. The van der Waals surface area contributed by atoms with E-state index in [4.69, 9.17) is 19.9 Å². The Morgan fingerprint density at radius 3 is 1.41 bits per heavy atom. The number of pyridine rings is 3. The topological polar surface area (TPSA) is 64.5 Å². The zero-order valence-electron chi connectivity index (χ0n) is 29.3. The molecular formula is C49H33N5. The van der Waals surface area contributed by atoms with Gasteiger partial charge in [0.1, 0.15) is 0 Å². The summed E-state index contributed by atoms with van der Waals surface area (Å²) in [5, 5.41) is 0. The molecule has 5 nitrogen and oxygen atoms in total. The van der Waals surface area contributed by atoms with Gasteiger partial charge in [0.2, 0.25) is 0 Å². The molecule has 9 rings (SSSR count). The molecule has 254 valence electrons. The van der Waals surface area contributed by atoms with Gasteiger partial charge in [-0.3, -0.25) is 4.98 Å². The van der Waals surface area contributed by atoms with Gasteiger partial charge in [0.15, 0.2) is 5.82 Å². The van der Waals surface area contributed by atoms with E-state index in [1.54, 1.807) is 6.20 Å². The van der Waals surface area contributed by atoms with Crippen LogP contribution in [-0.2, 0) is 0 Å². The molecule has 0 saturated carbocycles. The molecule has 0 amide bonds. The number of hydrogen-bond donors (Lipinski definition) is 0. The van der Waals surface area contributed by atoms with Gasteiger partial charge in [-0.25, -0.2) is 19.9 Å². The van der Waals surface area contributed by atoms with Gasteiger partial charge >= 0.3 is 0 Å². The van der Waals surface area contributed by atoms with E-state index >= 15 is 0 Å². The van der Waals surface area contributed by atoms with E-state index in [2.05, 4.69) is 96.0 Å². The molecular weight excluding hydrogens is 659 g/mol. The van der Waals surface area contributed by atoms with Crippen molar-refractivity contribution in [2.24, 2.45) is 0 Å². The number of hydrogen-bond acceptors (Lipinski definition) is 5. The Labute approximate surface area is 314 Å². The summed E-state index contributed by atoms with van der Waals surface area (Å²) in [6.07, 6.45) is 1.80. The van der Waals surface area contributed by atoms with Crippen molar-refractivity contribution in [3.05, 3.63) is 200 Å². The Bertz CT molecular complexity index is 2380. The second-order valence-corrected chi connectivity index (χ2v) is 13.0. The lowest BCUT2D eigenvalue weighted by atomic mass is 9.99. The van der Waals surface area contributed by atoms with Crippen LogP contribution < -0.4 is 0 Å². The Morgan fingerprint density at radius 1 is 0.222 bits per heavy atom. The molecule has 0 fully saturated rings. The summed E-state index contributed by atoms with van der Waals surface area (Å²) in [7, 11) is 0. The summed E-state index contributed by atoms with van der Waals surface area (Å²) in [5.41, 5.74) is 14.3. The van der Waals surface area contributed by atoms with Crippen LogP contribution in [0.4, 0.5) is 0 Å². The minimum atomic E-state index is 0.700. The van der Waals surface area contributed by atoms with Crippen molar-refractivity contribution < 1.29 is 0 Å². The highest BCUT2D eigenvalue weighted by molar-refractivity contribution is 5.78. The van der Waals surface area contributed by atoms with Crippen molar-refractivity contribution in [1.82, 2.24) is 24.9 Å². The molecule has 54 heavy (non-hydrogen) atoms. The summed E-state index contributed by atoms with van der Waals surface area (Å²) in [6.45, 7) is 0. The van der Waals surface area contributed by atoms with Gasteiger partial charge in [-0.1, -0.05) is 146 Å². The minimum absolute atomic E-state index is 0.700. The molecule has 0 aliphatic rings. The van der Waals surface area contributed by atoms with Crippen molar-refractivity contribution in [2.75, 3.05) is 0 Å². The number of nitrogens with zero attached hydrogens (tertiary/aromatic N) is 5. The summed E-state index contributed by atoms with van der Waals surface area (Å²) in [4.78, 5) is 24.7. The Balaban J connectivity index is 1.04. The van der Waals surface area contributed by atoms with Gasteiger partial charge in [-0.2, -0.15) is 0 Å². The normalized spacial score (nSPS) is 11.0. The van der Waals surface area contributed by atoms with Crippen LogP contribution in [0.2, 0.25) is 0 Å². The number of aromatic nitrogens is 5. The van der Waals surface area contributed by atoms with Gasteiger partial charge in [-0.05, 0) is 70.8 Å². The van der Waals surface area contributed by atoms with Crippen molar-refractivity contribution in [1.29, 1.82) is 0 Å². The molecule has 4 aromatic heterocycles. The fraction of sp³-hybridized carbons (Fsp3) is 0. The lowest BCUT2D eigenvalue weighted by Gasteiger charge is -2.11. The molecule has 0 unspecified atom stereocenters. The fourth-order valence-electron chi connectivity index (χ4n) is 6.60. The summed E-state index contributed by atoms with van der Waals surface area (Å²) >= 11 is 0. The molecule has 0 atom stereocenters. The molecule has 0 radical (unpaired) electrons. The average molecular weight is 692 g/mol. The molecule has 0 aliphatic heterocycles. The third-order valence-electron chi connectivity index (χ3n) is 9.37. The van der Waals surface area contributed by atoms with Crippen LogP contribution in [0.5, 0.6) is 0 Å². The first-order valence-corrected chi connectivity index (χ1v) is 17.9. The maximum Gasteiger partial charge on any atom is 0.160 e. The number of benzene rings is 5. The zero-order chi connectivity index (χ0) is 36.1. The van der Waals surface area contributed by atoms with Crippen LogP contribution in [0.25, 0.3) is 90.2 Å². The molecule has 0 N–H and O–H groups in total. The highest BCUT2D eigenvalue weighted by atomic mass is 14.9. The Hall–Kier alpha value is -7.37. The van der Waals surface area contributed by atoms with Crippen LogP contribution in [0.15, 0.2) is 200 Å². The SMILES string of the molecule is c1ccc(-c2cc(-c3ccccn3)nc(-c3cccc(-c4ccc(-c5cccc(-c6cc(-c7ccccc7)nc(-c7ccccc7)n6)c5)cc4)n3)c2)cc1. The Kier molecular flexibility index (Phi) is 8.86. The van der Waals surface area contributed by atoms with Crippen LogP contribution in [0.1, 0.15) is 0 Å². The van der Waals surface area contributed by atoms with Crippen molar-refractivity contribution in [3.8, 4) is 90.2 Å². The van der Waals surface area contributed by atoms with Crippen LogP contribution in [0, 0.1) is 0 Å². The Morgan fingerprint density at radius 2 is 0.704 bits per heavy atom. The molecule has 9 aromatic rings. The second-order valence-electron chi connectivity index (χ2n) is 13.0. The molecule has 4 heterocycles. The standard InChI is InChI=1S/C49H33N5/c1-4-14-34(15-5-1)41-31-47(43-22-10-11-29-50-43)52-48(32-41)44-24-13-23-42(51-44)37-27-25-35(26-28-37)39-20-12-21-40(30-39)46-33-45(36-16-6-2-7-17-36)53-49(54-46)38-18-8-3-9-19-38/h1-33H. The van der Waals surface area contributed by atoms with E-state index in [1.165, 1.54) is 0 Å². The lowest BCUT2D eigenvalue weighted by molar-refractivity contribution is 1.18. The van der Waals surface area contributed by atoms with Gasteiger partial charge in [0, 0.05) is 28.5 Å². The molecule has 0 saturated heterocycles. The van der Waals surface area contributed by atoms with Gasteiger partial charge in [-0.15, -0.1) is 0 Å². The van der Waals surface area contributed by atoms with Crippen molar-refractivity contribution in [2.45, 2.75) is 0 Å². The summed E-state index contributed by atoms with van der Waals surface area (Å²) in [5.74, 6) is 0.700. The highest BCUT2D eigenvalue weighted by Gasteiger charge is 2.14. The third-order valence-corrected chi connectivity index (χ3v) is 9.37. The number of rotatable bonds is 8. The maximum absolute atomic E-state index is 5.11. The second kappa shape index (κ2) is 14.7. The molecule has 5 heteroatoms. The predicted molar refractivity (Wildman–Crippen MR) is 219 cm³/mol. The molecule has 5 aromatic carbocycles. The first-order valence-electron chi connectivity index (χ1n) is 17.9. The van der Waals surface area contributed by atoms with E-state index in [-0.39, 0.29) is 0 Å². The first kappa shape index (κ1) is 32.5. The van der Waals surface area contributed by atoms with Crippen LogP contribution in [-0.4, -0.2) is 24.9 Å². The third kappa shape index (κ3) is 6.94. The zero-order valence-corrected chi connectivity index (χ0v) is 29.3. The lowest BCUT2D eigenvalue weighted by Crippen LogP contribution is -1.96. The maximum atomic E-state index is 5.11. The van der Waals surface area contributed by atoms with Crippen molar-refractivity contribution in [3.63, 3.8) is 0 Å². The quantitative estimate of drug-likeness (QED) is 0.159. The monoisotopic (exact) mass is 691 g/mol. The predicted octanol–water partition coefficient (Wildman–Crippen LogP) is 12.0. The summed E-state index contributed by atoms with van der Waals surface area (Å²) < 4.78 is 0. The van der Waals surface area contributed by atoms with E-state index in [9.17, 15) is 0 Å². The van der Waals surface area contributed by atoms with E-state index in [1.807, 2.05) is 103 Å². The van der Waals surface area contributed by atoms with E-state index in [0.29, 0.717) is 5.82 Å². The van der Waals surface area contributed by atoms with Crippen molar-refractivity contribution >= 4 is 0 Å². The van der Waals surface area contributed by atoms with Gasteiger partial charge in [0.05, 0.1) is 39.9 Å². The van der Waals surface area contributed by atoms with Crippen LogP contribution >= 0.6 is 0 Å². The molecule has 0 aliphatic carbocycles. The average Bonchev–Trinajstić information content (AvgIpc) is 3.27. The first-order chi connectivity index (χ1) is 26.7. The molecule has 0 spiro atoms. The van der Waals surface area contributed by atoms with E-state index in [0.717, 1.165) is 84.4 Å². The van der Waals surface area contributed by atoms with Gasteiger partial charge in [0.25, 0.3) is 0 Å². The highest BCUT2D eigenvalue weighted by Crippen LogP contribution is 2.33. The largest absolute Gasteiger partial charge is 0.255 e. The smallest absolute Gasteiger partial charge is 0.160 e. The van der Waals surface area contributed by atoms with Crippen LogP contribution in [0.3, 0.4) is 0 Å². The van der Waals surface area contributed by atoms with E-state index < -0.39 is 0 Å². The minimum Gasteiger partial charge on any atom is -0.255 e. The fourth-order valence-corrected chi connectivity index (χ4v) is 6.60.